The number of carbonyl (C=O) groups is 1. The highest BCUT2D eigenvalue weighted by atomic mass is 35.5. The number of amides is 1. The van der Waals surface area contributed by atoms with Crippen LogP contribution < -0.4 is 19.1 Å². The number of para-hydroxylation sites is 2. The molecule has 0 radical (unpaired) electrons. The maximum Gasteiger partial charge on any atom is 0.264 e. The summed E-state index contributed by atoms with van der Waals surface area (Å²) in [5.41, 5.74) is 1.63. The zero-order valence-electron chi connectivity index (χ0n) is 20.4. The summed E-state index contributed by atoms with van der Waals surface area (Å²) in [4.78, 5) is 13.0. The Kier molecular flexibility index (Phi) is 7.47. The van der Waals surface area contributed by atoms with Gasteiger partial charge in [-0.05, 0) is 59.5 Å². The minimum Gasteiger partial charge on any atom is -0.492 e. The van der Waals surface area contributed by atoms with Crippen LogP contribution in [0.3, 0.4) is 0 Å². The Morgan fingerprint density at radius 2 is 1.72 bits per heavy atom. The monoisotopic (exact) mass is 528 g/mol. The molecular formula is C27H29ClN2O5S. The molecule has 3 aromatic carbocycles. The molecular weight excluding hydrogens is 500 g/mol. The molecule has 36 heavy (non-hydrogen) atoms. The van der Waals surface area contributed by atoms with Gasteiger partial charge in [0.05, 0.1) is 23.7 Å². The summed E-state index contributed by atoms with van der Waals surface area (Å²) in [6.07, 6.45) is -1.02. The third-order valence-electron chi connectivity index (χ3n) is 5.82. The Hall–Kier alpha value is -3.23. The van der Waals surface area contributed by atoms with Crippen LogP contribution in [0.25, 0.3) is 0 Å². The molecule has 1 amide bonds. The first-order chi connectivity index (χ1) is 17.1. The van der Waals surface area contributed by atoms with Crippen LogP contribution in [0.5, 0.6) is 11.5 Å². The van der Waals surface area contributed by atoms with Crippen LogP contribution in [0.2, 0.25) is 5.02 Å². The first-order valence-corrected chi connectivity index (χ1v) is 13.4. The van der Waals surface area contributed by atoms with Gasteiger partial charge in [0.15, 0.2) is 6.10 Å². The molecule has 1 atom stereocenters. The number of nitrogens with one attached hydrogen (secondary N) is 1. The van der Waals surface area contributed by atoms with Crippen molar-refractivity contribution >= 4 is 33.2 Å². The lowest BCUT2D eigenvalue weighted by molar-refractivity contribution is -0.127. The molecule has 190 valence electrons. The maximum atomic E-state index is 13.4. The van der Waals surface area contributed by atoms with Crippen LogP contribution in [0.1, 0.15) is 26.3 Å². The van der Waals surface area contributed by atoms with Gasteiger partial charge in [-0.2, -0.15) is 0 Å². The van der Waals surface area contributed by atoms with Crippen molar-refractivity contribution in [1.82, 2.24) is 5.32 Å². The zero-order chi connectivity index (χ0) is 25.9. The molecule has 0 fully saturated rings. The van der Waals surface area contributed by atoms with Crippen molar-refractivity contribution < 1.29 is 22.7 Å². The second kappa shape index (κ2) is 10.4. The average Bonchev–Trinajstić information content (AvgIpc) is 2.85. The van der Waals surface area contributed by atoms with Crippen molar-refractivity contribution in [1.29, 1.82) is 0 Å². The smallest absolute Gasteiger partial charge is 0.264 e. The number of benzene rings is 3. The second-order valence-corrected chi connectivity index (χ2v) is 11.8. The Morgan fingerprint density at radius 1 is 1.06 bits per heavy atom. The number of sulfonamides is 1. The van der Waals surface area contributed by atoms with E-state index in [0.29, 0.717) is 22.2 Å². The molecule has 4 rings (SSSR count). The highest BCUT2D eigenvalue weighted by Gasteiger charge is 2.37. The van der Waals surface area contributed by atoms with Gasteiger partial charge in [-0.3, -0.25) is 9.10 Å². The second-order valence-electron chi connectivity index (χ2n) is 9.48. The van der Waals surface area contributed by atoms with E-state index in [2.05, 4.69) is 26.1 Å². The largest absolute Gasteiger partial charge is 0.492 e. The van der Waals surface area contributed by atoms with Gasteiger partial charge in [0.1, 0.15) is 18.1 Å². The molecule has 0 saturated heterocycles. The summed E-state index contributed by atoms with van der Waals surface area (Å²) in [7, 11) is -3.94. The SMILES string of the molecule is CC(C)(C)c1ccc(OCCNC(=O)C2CN(S(=O)(=O)c3ccc(Cl)cc3)c3ccccc3O2)cc1. The zero-order valence-corrected chi connectivity index (χ0v) is 22.0. The summed E-state index contributed by atoms with van der Waals surface area (Å²) in [5, 5.41) is 3.21. The number of hydrogen-bond acceptors (Lipinski definition) is 5. The fraction of sp³-hybridized carbons (Fsp3) is 0.296. The van der Waals surface area contributed by atoms with Gasteiger partial charge >= 0.3 is 0 Å². The van der Waals surface area contributed by atoms with Crippen molar-refractivity contribution in [2.75, 3.05) is 24.0 Å². The lowest BCUT2D eigenvalue weighted by Gasteiger charge is -2.34. The van der Waals surface area contributed by atoms with E-state index in [9.17, 15) is 13.2 Å². The summed E-state index contributed by atoms with van der Waals surface area (Å²) < 4.78 is 39.6. The molecule has 1 unspecified atom stereocenters. The highest BCUT2D eigenvalue weighted by Crippen LogP contribution is 2.37. The van der Waals surface area contributed by atoms with Crippen LogP contribution in [0, 0.1) is 0 Å². The van der Waals surface area contributed by atoms with Crippen LogP contribution >= 0.6 is 11.6 Å². The molecule has 1 heterocycles. The fourth-order valence-electron chi connectivity index (χ4n) is 3.81. The number of halogens is 1. The van der Waals surface area contributed by atoms with Crippen molar-refractivity contribution in [3.8, 4) is 11.5 Å². The van der Waals surface area contributed by atoms with Gasteiger partial charge in [-0.1, -0.05) is 56.6 Å². The molecule has 1 aliphatic rings. The van der Waals surface area contributed by atoms with Gasteiger partial charge in [0.2, 0.25) is 0 Å². The Morgan fingerprint density at radius 3 is 2.39 bits per heavy atom. The predicted molar refractivity (Wildman–Crippen MR) is 140 cm³/mol. The van der Waals surface area contributed by atoms with E-state index in [1.165, 1.54) is 34.1 Å². The van der Waals surface area contributed by atoms with Gasteiger partial charge < -0.3 is 14.8 Å². The van der Waals surface area contributed by atoms with Crippen LogP contribution in [-0.2, 0) is 20.2 Å². The average molecular weight is 529 g/mol. The minimum absolute atomic E-state index is 0.0556. The van der Waals surface area contributed by atoms with Crippen LogP contribution in [-0.4, -0.2) is 40.1 Å². The van der Waals surface area contributed by atoms with E-state index in [1.807, 2.05) is 24.3 Å². The van der Waals surface area contributed by atoms with E-state index in [4.69, 9.17) is 21.1 Å². The third kappa shape index (κ3) is 5.77. The van der Waals surface area contributed by atoms with E-state index in [-0.39, 0.29) is 30.0 Å². The quantitative estimate of drug-likeness (QED) is 0.446. The van der Waals surface area contributed by atoms with E-state index < -0.39 is 22.0 Å². The minimum atomic E-state index is -3.94. The summed E-state index contributed by atoms with van der Waals surface area (Å²) in [6.45, 7) is 6.77. The number of nitrogens with zero attached hydrogens (tertiary/aromatic N) is 1. The molecule has 0 spiro atoms. The number of ether oxygens (including phenoxy) is 2. The van der Waals surface area contributed by atoms with Gasteiger partial charge in [0, 0.05) is 5.02 Å². The van der Waals surface area contributed by atoms with Crippen molar-refractivity contribution in [2.45, 2.75) is 37.2 Å². The van der Waals surface area contributed by atoms with Crippen LogP contribution in [0.15, 0.2) is 77.7 Å². The van der Waals surface area contributed by atoms with E-state index in [1.54, 1.807) is 24.3 Å². The normalized spacial score (nSPS) is 15.6. The fourth-order valence-corrected chi connectivity index (χ4v) is 5.41. The van der Waals surface area contributed by atoms with Crippen molar-refractivity contribution in [2.24, 2.45) is 0 Å². The number of hydrogen-bond donors (Lipinski definition) is 1. The molecule has 7 nitrogen and oxygen atoms in total. The molecule has 1 aliphatic heterocycles. The lowest BCUT2D eigenvalue weighted by atomic mass is 9.87. The van der Waals surface area contributed by atoms with Crippen LogP contribution in [0.4, 0.5) is 5.69 Å². The predicted octanol–water partition coefficient (Wildman–Crippen LogP) is 4.79. The van der Waals surface area contributed by atoms with Gasteiger partial charge in [-0.15, -0.1) is 0 Å². The number of anilines is 1. The number of carbonyl (C=O) groups excluding carboxylic acids is 1. The molecule has 0 bridgehead atoms. The Labute approximate surface area is 217 Å². The Bertz CT molecular complexity index is 1320. The molecule has 1 N–H and O–H groups in total. The summed E-state index contributed by atoms with van der Waals surface area (Å²) >= 11 is 5.93. The van der Waals surface area contributed by atoms with Crippen molar-refractivity contribution in [3.63, 3.8) is 0 Å². The first kappa shape index (κ1) is 25.9. The number of fused-ring (bicyclic) bond motifs is 1. The molecule has 9 heteroatoms. The Balaban J connectivity index is 1.41. The lowest BCUT2D eigenvalue weighted by Crippen LogP contribution is -2.51. The number of rotatable bonds is 7. The van der Waals surface area contributed by atoms with Gasteiger partial charge in [0.25, 0.3) is 15.9 Å². The van der Waals surface area contributed by atoms with E-state index in [0.717, 1.165) is 0 Å². The summed E-state index contributed by atoms with van der Waals surface area (Å²) in [6, 6.07) is 20.5. The molecule has 3 aromatic rings. The van der Waals surface area contributed by atoms with E-state index >= 15 is 0 Å². The maximum absolute atomic E-state index is 13.4. The first-order valence-electron chi connectivity index (χ1n) is 11.6. The standard InChI is InChI=1S/C27H29ClN2O5S/c1-27(2,3)19-8-12-21(13-9-19)34-17-16-29-26(31)25-18-30(23-6-4-5-7-24(23)35-25)36(32,33)22-14-10-20(28)11-15-22/h4-15,25H,16-18H2,1-3H3,(H,29,31). The van der Waals surface area contributed by atoms with Crippen molar-refractivity contribution in [3.05, 3.63) is 83.4 Å². The molecule has 0 aromatic heterocycles. The molecule has 0 saturated carbocycles. The molecule has 0 aliphatic carbocycles. The third-order valence-corrected chi connectivity index (χ3v) is 7.87. The highest BCUT2D eigenvalue weighted by molar-refractivity contribution is 7.92. The van der Waals surface area contributed by atoms with Gasteiger partial charge in [-0.25, -0.2) is 8.42 Å². The topological polar surface area (TPSA) is 84.9 Å². The summed E-state index contributed by atoms with van der Waals surface area (Å²) in [5.74, 6) is 0.601.